The average molecular weight is 305 g/mol. The molecule has 5 nitrogen and oxygen atoms in total. The number of nitrogens with zero attached hydrogens (tertiary/aromatic N) is 1. The number of rotatable bonds is 4. The zero-order chi connectivity index (χ0) is 15.6. The lowest BCUT2D eigenvalue weighted by molar-refractivity contribution is -0.136. The minimum atomic E-state index is -0.781. The van der Waals surface area contributed by atoms with Crippen molar-refractivity contribution in [1.29, 1.82) is 0 Å². The predicted octanol–water partition coefficient (Wildman–Crippen LogP) is 1.16. The van der Waals surface area contributed by atoms with Crippen molar-refractivity contribution in [3.05, 3.63) is 29.3 Å². The summed E-state index contributed by atoms with van der Waals surface area (Å²) in [6.45, 7) is 2.25. The van der Waals surface area contributed by atoms with Crippen LogP contribution in [0, 0.1) is 0 Å². The second-order valence-electron chi connectivity index (χ2n) is 6.26. The van der Waals surface area contributed by atoms with Crippen LogP contribution in [0.15, 0.2) is 18.2 Å². The van der Waals surface area contributed by atoms with Gasteiger partial charge in [0, 0.05) is 26.6 Å². The van der Waals surface area contributed by atoms with Crippen molar-refractivity contribution in [2.24, 2.45) is 0 Å². The number of methoxy groups -OCH3 is 1. The van der Waals surface area contributed by atoms with E-state index in [1.54, 1.807) is 7.11 Å². The van der Waals surface area contributed by atoms with Crippen molar-refractivity contribution < 1.29 is 19.4 Å². The Morgan fingerprint density at radius 3 is 2.91 bits per heavy atom. The number of piperidine rings is 1. The van der Waals surface area contributed by atoms with Gasteiger partial charge in [-0.3, -0.25) is 4.79 Å². The molecule has 0 unspecified atom stereocenters. The minimum Gasteiger partial charge on any atom is -0.493 e. The molecule has 0 spiro atoms. The van der Waals surface area contributed by atoms with Crippen LogP contribution in [0.2, 0.25) is 0 Å². The van der Waals surface area contributed by atoms with Gasteiger partial charge in [0.15, 0.2) is 0 Å². The molecule has 2 aliphatic rings. The third kappa shape index (κ3) is 3.25. The maximum atomic E-state index is 12.4. The molecule has 1 aromatic rings. The first kappa shape index (κ1) is 15.3. The molecule has 0 aromatic heterocycles. The number of amides is 1. The fourth-order valence-electron chi connectivity index (χ4n) is 3.22. The molecule has 0 aliphatic carbocycles. The molecule has 0 atom stereocenters. The predicted molar refractivity (Wildman–Crippen MR) is 82.0 cm³/mol. The lowest BCUT2D eigenvalue weighted by atomic mass is 9.92. The number of carbonyl (C=O) groups excluding carboxylic acids is 1. The zero-order valence-electron chi connectivity index (χ0n) is 13.0. The molecule has 0 bridgehead atoms. The molecule has 120 valence electrons. The van der Waals surface area contributed by atoms with Crippen LogP contribution in [0.1, 0.15) is 24.0 Å². The lowest BCUT2D eigenvalue weighted by Crippen LogP contribution is -2.49. The second kappa shape index (κ2) is 6.26. The maximum Gasteiger partial charge on any atom is 0.226 e. The Balaban J connectivity index is 1.57. The van der Waals surface area contributed by atoms with Crippen LogP contribution in [0.3, 0.4) is 0 Å². The molecule has 22 heavy (non-hydrogen) atoms. The van der Waals surface area contributed by atoms with Gasteiger partial charge >= 0.3 is 0 Å². The Labute approximate surface area is 130 Å². The quantitative estimate of drug-likeness (QED) is 0.907. The molecular formula is C17H23NO4. The van der Waals surface area contributed by atoms with Gasteiger partial charge in [0.2, 0.25) is 5.91 Å². The highest BCUT2D eigenvalue weighted by Crippen LogP contribution is 2.27. The molecule has 5 heteroatoms. The zero-order valence-corrected chi connectivity index (χ0v) is 13.0. The number of aliphatic hydroxyl groups is 1. The molecule has 1 amide bonds. The first-order valence-electron chi connectivity index (χ1n) is 7.83. The summed E-state index contributed by atoms with van der Waals surface area (Å²) >= 11 is 0. The molecule has 0 radical (unpaired) electrons. The van der Waals surface area contributed by atoms with E-state index in [9.17, 15) is 9.90 Å². The van der Waals surface area contributed by atoms with Gasteiger partial charge in [0.25, 0.3) is 0 Å². The third-order valence-electron chi connectivity index (χ3n) is 4.57. The van der Waals surface area contributed by atoms with Gasteiger partial charge in [-0.05, 0) is 30.0 Å². The number of fused-ring (bicyclic) bond motifs is 1. The number of likely N-dealkylation sites (tertiary alicyclic amines) is 1. The molecular weight excluding hydrogens is 282 g/mol. The topological polar surface area (TPSA) is 59.0 Å². The van der Waals surface area contributed by atoms with Crippen LogP contribution in [0.5, 0.6) is 5.75 Å². The van der Waals surface area contributed by atoms with Crippen molar-refractivity contribution in [3.63, 3.8) is 0 Å². The van der Waals surface area contributed by atoms with Crippen LogP contribution in [-0.2, 0) is 22.4 Å². The molecule has 1 saturated heterocycles. The lowest BCUT2D eigenvalue weighted by Gasteiger charge is -2.37. The Kier molecular flexibility index (Phi) is 4.36. The molecule has 0 saturated carbocycles. The van der Waals surface area contributed by atoms with Crippen molar-refractivity contribution >= 4 is 5.91 Å². The summed E-state index contributed by atoms with van der Waals surface area (Å²) in [6, 6.07) is 6.00. The van der Waals surface area contributed by atoms with Crippen LogP contribution in [0.4, 0.5) is 0 Å². The smallest absolute Gasteiger partial charge is 0.226 e. The van der Waals surface area contributed by atoms with Crippen LogP contribution in [-0.4, -0.2) is 54.9 Å². The number of carbonyl (C=O) groups is 1. The Morgan fingerprint density at radius 2 is 2.18 bits per heavy atom. The molecule has 3 rings (SSSR count). The van der Waals surface area contributed by atoms with E-state index < -0.39 is 5.60 Å². The summed E-state index contributed by atoms with van der Waals surface area (Å²) in [6.07, 6.45) is 2.48. The van der Waals surface area contributed by atoms with E-state index >= 15 is 0 Å². The van der Waals surface area contributed by atoms with E-state index in [1.165, 1.54) is 5.56 Å². The highest BCUT2D eigenvalue weighted by molar-refractivity contribution is 5.79. The van der Waals surface area contributed by atoms with E-state index in [-0.39, 0.29) is 5.91 Å². The summed E-state index contributed by atoms with van der Waals surface area (Å²) in [5.74, 6) is 1.07. The maximum absolute atomic E-state index is 12.4. The molecule has 1 N–H and O–H groups in total. The number of hydrogen-bond acceptors (Lipinski definition) is 4. The van der Waals surface area contributed by atoms with E-state index in [4.69, 9.17) is 9.47 Å². The van der Waals surface area contributed by atoms with Crippen molar-refractivity contribution in [2.45, 2.75) is 31.3 Å². The van der Waals surface area contributed by atoms with Gasteiger partial charge in [0.1, 0.15) is 5.75 Å². The van der Waals surface area contributed by atoms with Crippen LogP contribution in [0.25, 0.3) is 0 Å². The molecule has 1 aromatic carbocycles. The van der Waals surface area contributed by atoms with Gasteiger partial charge in [-0.15, -0.1) is 0 Å². The van der Waals surface area contributed by atoms with Gasteiger partial charge in [-0.1, -0.05) is 12.1 Å². The van der Waals surface area contributed by atoms with Crippen LogP contribution >= 0.6 is 0 Å². The van der Waals surface area contributed by atoms with Gasteiger partial charge in [-0.25, -0.2) is 0 Å². The summed E-state index contributed by atoms with van der Waals surface area (Å²) in [5.41, 5.74) is 1.45. The number of ether oxygens (including phenoxy) is 2. The normalized spacial score (nSPS) is 19.6. The Bertz CT molecular complexity index is 550. The number of benzene rings is 1. The summed E-state index contributed by atoms with van der Waals surface area (Å²) in [4.78, 5) is 14.3. The fraction of sp³-hybridized carbons (Fsp3) is 0.588. The molecule has 2 heterocycles. The molecule has 1 fully saturated rings. The highest BCUT2D eigenvalue weighted by Gasteiger charge is 2.33. The largest absolute Gasteiger partial charge is 0.493 e. The van der Waals surface area contributed by atoms with Crippen molar-refractivity contribution in [2.75, 3.05) is 33.4 Å². The summed E-state index contributed by atoms with van der Waals surface area (Å²) in [7, 11) is 1.59. The summed E-state index contributed by atoms with van der Waals surface area (Å²) in [5, 5.41) is 10.3. The van der Waals surface area contributed by atoms with Crippen LogP contribution < -0.4 is 4.74 Å². The van der Waals surface area contributed by atoms with Gasteiger partial charge < -0.3 is 19.5 Å². The first-order chi connectivity index (χ1) is 10.6. The highest BCUT2D eigenvalue weighted by atomic mass is 16.5. The third-order valence-corrected chi connectivity index (χ3v) is 4.57. The Morgan fingerprint density at radius 1 is 1.41 bits per heavy atom. The Hall–Kier alpha value is -1.59. The standard InChI is InChI=1S/C17H23NO4/c1-21-12-17(20)5-7-18(8-6-17)16(19)11-13-2-3-15-14(10-13)4-9-22-15/h2-3,10,20H,4-9,11-12H2,1H3. The fourth-order valence-corrected chi connectivity index (χ4v) is 3.22. The monoisotopic (exact) mass is 305 g/mol. The number of hydrogen-bond donors (Lipinski definition) is 1. The van der Waals surface area contributed by atoms with E-state index in [0.717, 1.165) is 24.3 Å². The van der Waals surface area contributed by atoms with E-state index in [1.807, 2.05) is 17.0 Å². The van der Waals surface area contributed by atoms with Crippen molar-refractivity contribution in [3.8, 4) is 5.75 Å². The SMILES string of the molecule is COCC1(O)CCN(C(=O)Cc2ccc3c(c2)CCO3)CC1. The first-order valence-corrected chi connectivity index (χ1v) is 7.83. The molecule has 2 aliphatic heterocycles. The average Bonchev–Trinajstić information content (AvgIpc) is 2.95. The minimum absolute atomic E-state index is 0.123. The van der Waals surface area contributed by atoms with E-state index in [2.05, 4.69) is 6.07 Å². The van der Waals surface area contributed by atoms with Crippen molar-refractivity contribution in [1.82, 2.24) is 4.90 Å². The van der Waals surface area contributed by atoms with E-state index in [0.29, 0.717) is 39.0 Å². The second-order valence-corrected chi connectivity index (χ2v) is 6.26. The van der Waals surface area contributed by atoms with Gasteiger partial charge in [-0.2, -0.15) is 0 Å². The van der Waals surface area contributed by atoms with Gasteiger partial charge in [0.05, 0.1) is 25.2 Å². The summed E-state index contributed by atoms with van der Waals surface area (Å²) < 4.78 is 10.5.